The zero-order chi connectivity index (χ0) is 12.8. The Morgan fingerprint density at radius 2 is 2.06 bits per heavy atom. The van der Waals surface area contributed by atoms with Crippen LogP contribution in [0.2, 0.25) is 0 Å². The highest BCUT2D eigenvalue weighted by Gasteiger charge is 2.34. The van der Waals surface area contributed by atoms with Crippen LogP contribution in [0.1, 0.15) is 13.3 Å². The van der Waals surface area contributed by atoms with Gasteiger partial charge in [0, 0.05) is 13.7 Å². The highest BCUT2D eigenvalue weighted by molar-refractivity contribution is 5.81. The van der Waals surface area contributed by atoms with E-state index in [0.29, 0.717) is 11.3 Å². The number of rotatable bonds is 6. The molecular formula is C9H17F3N2O2. The molecule has 7 heteroatoms. The van der Waals surface area contributed by atoms with Gasteiger partial charge in [0.1, 0.15) is 12.6 Å². The standard InChI is InChI=1S/C9H17F3N2O2/c1-3-4-14(6-9(10,11)12)8(15)7(13)5-16-2/h7H,3-6,13H2,1-2H3. The minimum absolute atomic E-state index is 0.0375. The number of methoxy groups -OCH3 is 1. The van der Waals surface area contributed by atoms with Crippen LogP contribution in [0.4, 0.5) is 13.2 Å². The molecule has 0 aromatic carbocycles. The van der Waals surface area contributed by atoms with E-state index < -0.39 is 24.7 Å². The number of nitrogens with two attached hydrogens (primary N) is 1. The van der Waals surface area contributed by atoms with Gasteiger partial charge in [0.15, 0.2) is 0 Å². The van der Waals surface area contributed by atoms with Gasteiger partial charge >= 0.3 is 6.18 Å². The van der Waals surface area contributed by atoms with Gasteiger partial charge in [-0.2, -0.15) is 13.2 Å². The van der Waals surface area contributed by atoms with E-state index in [1.54, 1.807) is 6.92 Å². The van der Waals surface area contributed by atoms with Gasteiger partial charge in [-0.15, -0.1) is 0 Å². The fraction of sp³-hybridized carbons (Fsp3) is 0.889. The molecule has 0 heterocycles. The van der Waals surface area contributed by atoms with Crippen molar-refractivity contribution in [2.75, 3.05) is 26.8 Å². The van der Waals surface area contributed by atoms with Gasteiger partial charge in [-0.3, -0.25) is 4.79 Å². The highest BCUT2D eigenvalue weighted by atomic mass is 19.4. The van der Waals surface area contributed by atoms with Gasteiger partial charge in [-0.25, -0.2) is 0 Å². The number of ether oxygens (including phenoxy) is 1. The first-order valence-corrected chi connectivity index (χ1v) is 4.91. The summed E-state index contributed by atoms with van der Waals surface area (Å²) >= 11 is 0. The summed E-state index contributed by atoms with van der Waals surface area (Å²) in [5, 5.41) is 0. The minimum Gasteiger partial charge on any atom is -0.383 e. The van der Waals surface area contributed by atoms with Crippen LogP contribution >= 0.6 is 0 Å². The first-order chi connectivity index (χ1) is 7.31. The number of nitrogens with zero attached hydrogens (tertiary/aromatic N) is 1. The third kappa shape index (κ3) is 5.92. The van der Waals surface area contributed by atoms with Crippen molar-refractivity contribution in [3.63, 3.8) is 0 Å². The van der Waals surface area contributed by atoms with Crippen LogP contribution in [0.25, 0.3) is 0 Å². The molecule has 0 bridgehead atoms. The average Bonchev–Trinajstić information content (AvgIpc) is 2.14. The Balaban J connectivity index is 4.46. The van der Waals surface area contributed by atoms with Crippen molar-refractivity contribution in [3.05, 3.63) is 0 Å². The van der Waals surface area contributed by atoms with Gasteiger partial charge in [0.2, 0.25) is 5.91 Å². The maximum Gasteiger partial charge on any atom is 0.406 e. The summed E-state index contributed by atoms with van der Waals surface area (Å²) in [4.78, 5) is 12.2. The summed E-state index contributed by atoms with van der Waals surface area (Å²) in [6.07, 6.45) is -3.96. The topological polar surface area (TPSA) is 55.6 Å². The van der Waals surface area contributed by atoms with Gasteiger partial charge in [-0.05, 0) is 6.42 Å². The van der Waals surface area contributed by atoms with Gasteiger partial charge in [0.25, 0.3) is 0 Å². The second-order valence-corrected chi connectivity index (χ2v) is 3.44. The molecule has 0 radical (unpaired) electrons. The molecule has 96 valence electrons. The van der Waals surface area contributed by atoms with Crippen molar-refractivity contribution in [1.82, 2.24) is 4.90 Å². The Labute approximate surface area is 92.5 Å². The number of hydrogen-bond acceptors (Lipinski definition) is 3. The summed E-state index contributed by atoms with van der Waals surface area (Å²) in [7, 11) is 1.33. The van der Waals surface area contributed by atoms with Crippen LogP contribution in [0.5, 0.6) is 0 Å². The molecule has 0 spiro atoms. The number of hydrogen-bond donors (Lipinski definition) is 1. The number of alkyl halides is 3. The van der Waals surface area contributed by atoms with Crippen LogP contribution in [-0.2, 0) is 9.53 Å². The molecule has 0 aliphatic rings. The van der Waals surface area contributed by atoms with Crippen molar-refractivity contribution < 1.29 is 22.7 Å². The molecule has 4 nitrogen and oxygen atoms in total. The lowest BCUT2D eigenvalue weighted by atomic mass is 10.2. The van der Waals surface area contributed by atoms with Crippen LogP contribution in [0.15, 0.2) is 0 Å². The molecule has 0 saturated carbocycles. The van der Waals surface area contributed by atoms with E-state index in [-0.39, 0.29) is 13.2 Å². The zero-order valence-corrected chi connectivity index (χ0v) is 9.38. The monoisotopic (exact) mass is 242 g/mol. The number of carbonyl (C=O) groups is 1. The second-order valence-electron chi connectivity index (χ2n) is 3.44. The third-order valence-electron chi connectivity index (χ3n) is 1.84. The smallest absolute Gasteiger partial charge is 0.383 e. The van der Waals surface area contributed by atoms with E-state index >= 15 is 0 Å². The van der Waals surface area contributed by atoms with Crippen molar-refractivity contribution in [2.24, 2.45) is 5.73 Å². The van der Waals surface area contributed by atoms with E-state index in [9.17, 15) is 18.0 Å². The molecule has 0 saturated heterocycles. The minimum atomic E-state index is -4.41. The largest absolute Gasteiger partial charge is 0.406 e. The quantitative estimate of drug-likeness (QED) is 0.748. The molecule has 0 aromatic rings. The molecule has 1 amide bonds. The SMILES string of the molecule is CCCN(CC(F)(F)F)C(=O)C(N)COC. The van der Waals surface area contributed by atoms with Gasteiger partial charge in [-0.1, -0.05) is 6.92 Å². The first-order valence-electron chi connectivity index (χ1n) is 4.91. The van der Waals surface area contributed by atoms with E-state index in [1.807, 2.05) is 0 Å². The van der Waals surface area contributed by atoms with E-state index in [0.717, 1.165) is 0 Å². The van der Waals surface area contributed by atoms with Crippen molar-refractivity contribution >= 4 is 5.91 Å². The Morgan fingerprint density at radius 1 is 1.50 bits per heavy atom. The van der Waals surface area contributed by atoms with E-state index in [2.05, 4.69) is 4.74 Å². The number of amides is 1. The van der Waals surface area contributed by atoms with Crippen molar-refractivity contribution in [1.29, 1.82) is 0 Å². The van der Waals surface area contributed by atoms with Gasteiger partial charge < -0.3 is 15.4 Å². The molecule has 16 heavy (non-hydrogen) atoms. The highest BCUT2D eigenvalue weighted by Crippen LogP contribution is 2.17. The molecule has 0 aromatic heterocycles. The van der Waals surface area contributed by atoms with Gasteiger partial charge in [0.05, 0.1) is 6.61 Å². The number of halogens is 3. The molecule has 1 unspecified atom stereocenters. The normalized spacial score (nSPS) is 13.6. The Morgan fingerprint density at radius 3 is 2.44 bits per heavy atom. The summed E-state index contributed by atoms with van der Waals surface area (Å²) in [5.41, 5.74) is 5.39. The predicted octanol–water partition coefficient (Wildman–Crippen LogP) is 0.761. The summed E-state index contributed by atoms with van der Waals surface area (Å²) < 4.78 is 41.1. The summed E-state index contributed by atoms with van der Waals surface area (Å²) in [6, 6.07) is -1.04. The van der Waals surface area contributed by atoms with Crippen LogP contribution in [0.3, 0.4) is 0 Å². The first kappa shape index (κ1) is 15.2. The Bertz CT molecular complexity index is 221. The fourth-order valence-corrected chi connectivity index (χ4v) is 1.24. The molecule has 0 aliphatic heterocycles. The van der Waals surface area contributed by atoms with E-state index in [4.69, 9.17) is 5.73 Å². The predicted molar refractivity (Wildman–Crippen MR) is 52.8 cm³/mol. The molecule has 0 aliphatic carbocycles. The zero-order valence-electron chi connectivity index (χ0n) is 9.38. The third-order valence-corrected chi connectivity index (χ3v) is 1.84. The lowest BCUT2D eigenvalue weighted by molar-refractivity contribution is -0.162. The van der Waals surface area contributed by atoms with E-state index in [1.165, 1.54) is 7.11 Å². The van der Waals surface area contributed by atoms with Crippen molar-refractivity contribution in [3.8, 4) is 0 Å². The summed E-state index contributed by atoms with van der Waals surface area (Å²) in [5.74, 6) is -0.735. The lowest BCUT2D eigenvalue weighted by Crippen LogP contribution is -2.49. The number of carbonyl (C=O) groups excluding carboxylic acids is 1. The van der Waals surface area contributed by atoms with Crippen molar-refractivity contribution in [2.45, 2.75) is 25.6 Å². The molecule has 0 rings (SSSR count). The molecule has 2 N–H and O–H groups in total. The maximum atomic E-state index is 12.2. The molecule has 1 atom stereocenters. The second kappa shape index (κ2) is 6.70. The Kier molecular flexibility index (Phi) is 6.35. The Hall–Kier alpha value is -0.820. The molecule has 0 fully saturated rings. The van der Waals surface area contributed by atoms with Crippen LogP contribution < -0.4 is 5.73 Å². The molecular weight excluding hydrogens is 225 g/mol. The van der Waals surface area contributed by atoms with Crippen LogP contribution in [-0.4, -0.2) is 49.8 Å². The maximum absolute atomic E-state index is 12.2. The average molecular weight is 242 g/mol. The lowest BCUT2D eigenvalue weighted by Gasteiger charge is -2.25. The summed E-state index contributed by atoms with van der Waals surface area (Å²) in [6.45, 7) is 0.377. The fourth-order valence-electron chi connectivity index (χ4n) is 1.24. The van der Waals surface area contributed by atoms with Crippen LogP contribution in [0, 0.1) is 0 Å².